The van der Waals surface area contributed by atoms with Crippen molar-refractivity contribution in [2.45, 2.75) is 30.7 Å². The lowest BCUT2D eigenvalue weighted by atomic mass is 10.2. The molecule has 8 heteroatoms. The number of ether oxygens (including phenoxy) is 1. The van der Waals surface area contributed by atoms with Gasteiger partial charge in [0.2, 0.25) is 10.0 Å². The van der Waals surface area contributed by atoms with Gasteiger partial charge in [-0.1, -0.05) is 0 Å². The number of hydrogen-bond donors (Lipinski definition) is 0. The topological polar surface area (TPSA) is 89.8 Å². The molecule has 0 aliphatic heterocycles. The second-order valence-corrected chi connectivity index (χ2v) is 7.16. The minimum atomic E-state index is -3.91. The van der Waals surface area contributed by atoms with Crippen LogP contribution in [0.25, 0.3) is 0 Å². The summed E-state index contributed by atoms with van der Waals surface area (Å²) in [6.07, 6.45) is 1.98. The van der Waals surface area contributed by atoms with Crippen molar-refractivity contribution in [1.82, 2.24) is 4.31 Å². The second kappa shape index (κ2) is 5.61. The van der Waals surface area contributed by atoms with E-state index in [-0.39, 0.29) is 16.7 Å². The molecule has 1 aromatic carbocycles. The van der Waals surface area contributed by atoms with E-state index < -0.39 is 20.6 Å². The maximum atomic E-state index is 12.6. The number of nitro benzene ring substituents is 1. The summed E-state index contributed by atoms with van der Waals surface area (Å²) in [6.45, 7) is 1.82. The predicted octanol–water partition coefficient (Wildman–Crippen LogP) is 2.02. The SMILES string of the molecule is COc1ccc(S(=O)(=O)N(C)C(C)C2CC2)c([N+](=O)[O-])c1. The quantitative estimate of drug-likeness (QED) is 0.592. The van der Waals surface area contributed by atoms with Crippen LogP contribution in [0, 0.1) is 16.0 Å². The molecule has 2 rings (SSSR count). The third-order valence-electron chi connectivity index (χ3n) is 3.90. The molecule has 1 aliphatic rings. The molecule has 1 aromatic rings. The average Bonchev–Trinajstić information content (AvgIpc) is 3.29. The van der Waals surface area contributed by atoms with Crippen molar-refractivity contribution in [3.05, 3.63) is 28.3 Å². The van der Waals surface area contributed by atoms with E-state index >= 15 is 0 Å². The fourth-order valence-electron chi connectivity index (χ4n) is 2.23. The van der Waals surface area contributed by atoms with Crippen molar-refractivity contribution in [1.29, 1.82) is 0 Å². The first-order chi connectivity index (χ1) is 9.78. The van der Waals surface area contributed by atoms with Crippen LogP contribution < -0.4 is 4.74 Å². The Morgan fingerprint density at radius 1 is 1.43 bits per heavy atom. The van der Waals surface area contributed by atoms with Crippen molar-refractivity contribution >= 4 is 15.7 Å². The summed E-state index contributed by atoms with van der Waals surface area (Å²) in [5.74, 6) is 0.584. The van der Waals surface area contributed by atoms with E-state index in [1.54, 1.807) is 0 Å². The zero-order chi connectivity index (χ0) is 15.8. The number of rotatable bonds is 6. The first kappa shape index (κ1) is 15.7. The molecule has 0 heterocycles. The third kappa shape index (κ3) is 3.01. The number of methoxy groups -OCH3 is 1. The van der Waals surface area contributed by atoms with Gasteiger partial charge in [-0.25, -0.2) is 8.42 Å². The zero-order valence-electron chi connectivity index (χ0n) is 12.1. The lowest BCUT2D eigenvalue weighted by Crippen LogP contribution is -2.36. The van der Waals surface area contributed by atoms with Gasteiger partial charge in [-0.2, -0.15) is 4.31 Å². The molecule has 1 atom stereocenters. The highest BCUT2D eigenvalue weighted by Crippen LogP contribution is 2.38. The fraction of sp³-hybridized carbons (Fsp3) is 0.538. The summed E-state index contributed by atoms with van der Waals surface area (Å²) in [5, 5.41) is 11.1. The number of hydrogen-bond acceptors (Lipinski definition) is 5. The van der Waals surface area contributed by atoms with Gasteiger partial charge >= 0.3 is 0 Å². The smallest absolute Gasteiger partial charge is 0.293 e. The van der Waals surface area contributed by atoms with Gasteiger partial charge in [0, 0.05) is 13.1 Å². The molecule has 0 saturated heterocycles. The molecule has 0 spiro atoms. The zero-order valence-corrected chi connectivity index (χ0v) is 13.0. The van der Waals surface area contributed by atoms with Crippen molar-refractivity contribution in [3.63, 3.8) is 0 Å². The Hall–Kier alpha value is -1.67. The van der Waals surface area contributed by atoms with Crippen LogP contribution in [0.3, 0.4) is 0 Å². The standard InChI is InChI=1S/C13H18N2O5S/c1-9(10-4-5-10)14(2)21(18,19)13-7-6-11(20-3)8-12(13)15(16)17/h6-10H,4-5H2,1-3H3. The van der Waals surface area contributed by atoms with Gasteiger partial charge in [0.25, 0.3) is 5.69 Å². The molecule has 0 bridgehead atoms. The van der Waals surface area contributed by atoms with Crippen molar-refractivity contribution < 1.29 is 18.1 Å². The number of benzene rings is 1. The van der Waals surface area contributed by atoms with Crippen LogP contribution in [0.5, 0.6) is 5.75 Å². The fourth-order valence-corrected chi connectivity index (χ4v) is 3.79. The average molecular weight is 314 g/mol. The summed E-state index contributed by atoms with van der Waals surface area (Å²) < 4.78 is 31.4. The van der Waals surface area contributed by atoms with Gasteiger partial charge in [0.15, 0.2) is 4.90 Å². The van der Waals surface area contributed by atoms with Gasteiger partial charge in [0.1, 0.15) is 5.75 Å². The van der Waals surface area contributed by atoms with E-state index in [0.717, 1.165) is 18.9 Å². The highest BCUT2D eigenvalue weighted by atomic mass is 32.2. The highest BCUT2D eigenvalue weighted by Gasteiger charge is 2.38. The Bertz CT molecular complexity index is 655. The van der Waals surface area contributed by atoms with Gasteiger partial charge in [-0.05, 0) is 37.8 Å². The normalized spacial score (nSPS) is 16.8. The van der Waals surface area contributed by atoms with Gasteiger partial charge < -0.3 is 4.74 Å². The molecule has 116 valence electrons. The minimum absolute atomic E-state index is 0.170. The molecule has 7 nitrogen and oxygen atoms in total. The molecule has 1 saturated carbocycles. The largest absolute Gasteiger partial charge is 0.497 e. The Balaban J connectivity index is 2.45. The molecule has 0 aromatic heterocycles. The summed E-state index contributed by atoms with van der Waals surface area (Å²) in [5.41, 5.74) is -0.468. The first-order valence-corrected chi connectivity index (χ1v) is 8.03. The molecule has 0 radical (unpaired) electrons. The Morgan fingerprint density at radius 3 is 2.52 bits per heavy atom. The first-order valence-electron chi connectivity index (χ1n) is 6.59. The monoisotopic (exact) mass is 314 g/mol. The molecule has 1 unspecified atom stereocenters. The summed E-state index contributed by atoms with van der Waals surface area (Å²) in [4.78, 5) is 10.1. The lowest BCUT2D eigenvalue weighted by Gasteiger charge is -2.24. The van der Waals surface area contributed by atoms with E-state index in [2.05, 4.69) is 0 Å². The highest BCUT2D eigenvalue weighted by molar-refractivity contribution is 7.89. The van der Waals surface area contributed by atoms with Crippen LogP contribution in [0.1, 0.15) is 19.8 Å². The van der Waals surface area contributed by atoms with Crippen LogP contribution in [0.4, 0.5) is 5.69 Å². The van der Waals surface area contributed by atoms with Crippen molar-refractivity contribution in [2.75, 3.05) is 14.2 Å². The molecule has 0 amide bonds. The molecular formula is C13H18N2O5S. The van der Waals surface area contributed by atoms with Gasteiger partial charge in [0.05, 0.1) is 18.1 Å². The molecule has 1 fully saturated rings. The summed E-state index contributed by atoms with van der Waals surface area (Å²) >= 11 is 0. The molecule has 0 N–H and O–H groups in total. The minimum Gasteiger partial charge on any atom is -0.497 e. The Labute approximate surface area is 123 Å². The van der Waals surface area contributed by atoms with Crippen molar-refractivity contribution in [3.8, 4) is 5.75 Å². The third-order valence-corrected chi connectivity index (χ3v) is 5.89. The van der Waals surface area contributed by atoms with E-state index in [4.69, 9.17) is 4.74 Å². The number of sulfonamides is 1. The lowest BCUT2D eigenvalue weighted by molar-refractivity contribution is -0.387. The van der Waals surface area contributed by atoms with E-state index in [1.165, 1.54) is 30.6 Å². The molecule has 21 heavy (non-hydrogen) atoms. The Kier molecular flexibility index (Phi) is 4.20. The van der Waals surface area contributed by atoms with Crippen LogP contribution in [0.15, 0.2) is 23.1 Å². The van der Waals surface area contributed by atoms with E-state index in [9.17, 15) is 18.5 Å². The van der Waals surface area contributed by atoms with Crippen LogP contribution >= 0.6 is 0 Å². The number of nitro groups is 1. The van der Waals surface area contributed by atoms with Crippen LogP contribution in [-0.4, -0.2) is 37.8 Å². The second-order valence-electron chi connectivity index (χ2n) is 5.19. The molecular weight excluding hydrogens is 296 g/mol. The van der Waals surface area contributed by atoms with Gasteiger partial charge in [-0.3, -0.25) is 10.1 Å². The molecule has 1 aliphatic carbocycles. The van der Waals surface area contributed by atoms with Crippen LogP contribution in [-0.2, 0) is 10.0 Å². The Morgan fingerprint density at radius 2 is 2.05 bits per heavy atom. The predicted molar refractivity (Wildman–Crippen MR) is 76.8 cm³/mol. The van der Waals surface area contributed by atoms with Crippen molar-refractivity contribution in [2.24, 2.45) is 5.92 Å². The summed E-state index contributed by atoms with van der Waals surface area (Å²) in [6, 6.07) is 3.59. The number of nitrogens with zero attached hydrogens (tertiary/aromatic N) is 2. The maximum absolute atomic E-state index is 12.6. The van der Waals surface area contributed by atoms with Gasteiger partial charge in [-0.15, -0.1) is 0 Å². The van der Waals surface area contributed by atoms with E-state index in [0.29, 0.717) is 5.92 Å². The van der Waals surface area contributed by atoms with E-state index in [1.807, 2.05) is 6.92 Å². The maximum Gasteiger partial charge on any atom is 0.293 e. The summed E-state index contributed by atoms with van der Waals surface area (Å²) in [7, 11) is -1.07. The van der Waals surface area contributed by atoms with Crippen LogP contribution in [0.2, 0.25) is 0 Å².